The fourth-order valence-electron chi connectivity index (χ4n) is 2.96. The first kappa shape index (κ1) is 18.5. The summed E-state index contributed by atoms with van der Waals surface area (Å²) >= 11 is 0. The Morgan fingerprint density at radius 3 is 2.26 bits per heavy atom. The lowest BCUT2D eigenvalue weighted by Gasteiger charge is -2.20. The molecule has 0 saturated heterocycles. The number of H-pyrrole nitrogens is 1. The van der Waals surface area contributed by atoms with Crippen LogP contribution in [-0.2, 0) is 11.3 Å². The predicted molar refractivity (Wildman–Crippen MR) is 104 cm³/mol. The number of hydrogen-bond donors (Lipinski definition) is 2. The molecule has 0 saturated carbocycles. The van der Waals surface area contributed by atoms with Gasteiger partial charge in [-0.25, -0.2) is 4.68 Å². The molecule has 6 nitrogen and oxygen atoms in total. The van der Waals surface area contributed by atoms with Gasteiger partial charge in [0.1, 0.15) is 12.3 Å². The largest absolute Gasteiger partial charge is 0.497 e. The second kappa shape index (κ2) is 7.95. The maximum absolute atomic E-state index is 12.6. The minimum atomic E-state index is -0.322. The molecule has 1 atom stereocenters. The molecule has 2 N–H and O–H groups in total. The summed E-state index contributed by atoms with van der Waals surface area (Å²) in [5.74, 6) is 0.504. The van der Waals surface area contributed by atoms with Gasteiger partial charge in [0.2, 0.25) is 5.91 Å². The Labute approximate surface area is 157 Å². The van der Waals surface area contributed by atoms with E-state index in [1.807, 2.05) is 61.5 Å². The summed E-state index contributed by atoms with van der Waals surface area (Å²) in [4.78, 5) is 24.8. The molecule has 140 valence electrons. The molecule has 0 aliphatic carbocycles. The number of nitrogens with one attached hydrogen (secondary N) is 2. The highest BCUT2D eigenvalue weighted by atomic mass is 16.5. The maximum Gasteiger partial charge on any atom is 0.270 e. The van der Waals surface area contributed by atoms with Gasteiger partial charge in [-0.3, -0.25) is 14.7 Å². The van der Waals surface area contributed by atoms with Gasteiger partial charge in [0.05, 0.1) is 13.2 Å². The van der Waals surface area contributed by atoms with Crippen LogP contribution in [-0.4, -0.2) is 22.8 Å². The fourth-order valence-corrected chi connectivity index (χ4v) is 2.96. The van der Waals surface area contributed by atoms with Crippen molar-refractivity contribution in [1.82, 2.24) is 15.1 Å². The van der Waals surface area contributed by atoms with Crippen molar-refractivity contribution in [3.63, 3.8) is 0 Å². The number of rotatable bonds is 6. The normalized spacial score (nSPS) is 11.8. The number of aryl methyl sites for hydroxylation is 1. The predicted octanol–water partition coefficient (Wildman–Crippen LogP) is 2.71. The van der Waals surface area contributed by atoms with Crippen LogP contribution in [0.1, 0.15) is 28.4 Å². The second-order valence-corrected chi connectivity index (χ2v) is 6.44. The van der Waals surface area contributed by atoms with Gasteiger partial charge >= 0.3 is 0 Å². The molecule has 0 radical (unpaired) electrons. The summed E-state index contributed by atoms with van der Waals surface area (Å²) in [6, 6.07) is 17.0. The summed E-state index contributed by atoms with van der Waals surface area (Å²) in [6.45, 7) is 3.50. The Morgan fingerprint density at radius 2 is 1.70 bits per heavy atom. The first-order valence-electron chi connectivity index (χ1n) is 8.74. The lowest BCUT2D eigenvalue weighted by Crippen LogP contribution is -2.35. The van der Waals surface area contributed by atoms with E-state index in [4.69, 9.17) is 4.74 Å². The minimum absolute atomic E-state index is 0.0625. The number of carbonyl (C=O) groups excluding carboxylic acids is 1. The molecule has 0 fully saturated rings. The van der Waals surface area contributed by atoms with Crippen molar-refractivity contribution < 1.29 is 9.53 Å². The van der Waals surface area contributed by atoms with E-state index in [2.05, 4.69) is 10.4 Å². The molecule has 3 rings (SSSR count). The average molecular weight is 365 g/mol. The summed E-state index contributed by atoms with van der Waals surface area (Å²) < 4.78 is 6.54. The van der Waals surface area contributed by atoms with Crippen LogP contribution >= 0.6 is 0 Å². The standard InChI is InChI=1S/C21H23N3O3/c1-14-15(2)23-24(21(14)26)13-19(25)22-20(16-7-5-4-6-8-16)17-9-11-18(27-3)12-10-17/h4-12,20,23H,13H2,1-3H3,(H,22,25). The monoisotopic (exact) mass is 365 g/mol. The van der Waals surface area contributed by atoms with Crippen molar-refractivity contribution >= 4 is 5.91 Å². The lowest BCUT2D eigenvalue weighted by molar-refractivity contribution is -0.122. The van der Waals surface area contributed by atoms with Gasteiger partial charge in [0.25, 0.3) is 5.56 Å². The van der Waals surface area contributed by atoms with E-state index in [0.717, 1.165) is 22.6 Å². The summed E-state index contributed by atoms with van der Waals surface area (Å²) in [5.41, 5.74) is 3.10. The summed E-state index contributed by atoms with van der Waals surface area (Å²) in [5, 5.41) is 5.97. The molecule has 2 aromatic carbocycles. The highest BCUT2D eigenvalue weighted by molar-refractivity contribution is 5.76. The van der Waals surface area contributed by atoms with Crippen LogP contribution in [0.5, 0.6) is 5.75 Å². The third kappa shape index (κ3) is 4.11. The highest BCUT2D eigenvalue weighted by Gasteiger charge is 2.18. The first-order chi connectivity index (χ1) is 13.0. The summed E-state index contributed by atoms with van der Waals surface area (Å²) in [6.07, 6.45) is 0. The maximum atomic E-state index is 12.6. The van der Waals surface area contributed by atoms with E-state index in [1.54, 1.807) is 14.0 Å². The second-order valence-electron chi connectivity index (χ2n) is 6.44. The molecule has 27 heavy (non-hydrogen) atoms. The number of ether oxygens (including phenoxy) is 1. The minimum Gasteiger partial charge on any atom is -0.497 e. The van der Waals surface area contributed by atoms with Crippen molar-refractivity contribution in [2.45, 2.75) is 26.4 Å². The SMILES string of the molecule is COc1ccc(C(NC(=O)Cn2[nH]c(C)c(C)c2=O)c2ccccc2)cc1. The van der Waals surface area contributed by atoms with Crippen LogP contribution in [0, 0.1) is 13.8 Å². The van der Waals surface area contributed by atoms with Crippen LogP contribution in [0.3, 0.4) is 0 Å². The molecule has 6 heteroatoms. The van der Waals surface area contributed by atoms with Crippen LogP contribution in [0.25, 0.3) is 0 Å². The van der Waals surface area contributed by atoms with E-state index >= 15 is 0 Å². The molecular formula is C21H23N3O3. The van der Waals surface area contributed by atoms with Gasteiger partial charge in [-0.05, 0) is 37.1 Å². The molecule has 1 heterocycles. The molecule has 1 amide bonds. The number of aromatic amines is 1. The Balaban J connectivity index is 1.85. The zero-order valence-corrected chi connectivity index (χ0v) is 15.7. The Hall–Kier alpha value is -3.28. The third-order valence-corrected chi connectivity index (χ3v) is 4.62. The van der Waals surface area contributed by atoms with Gasteiger partial charge in [0.15, 0.2) is 0 Å². The molecule has 0 spiro atoms. The first-order valence-corrected chi connectivity index (χ1v) is 8.74. The number of nitrogens with zero attached hydrogens (tertiary/aromatic N) is 1. The number of aromatic nitrogens is 2. The number of carbonyl (C=O) groups is 1. The molecule has 0 bridgehead atoms. The van der Waals surface area contributed by atoms with E-state index < -0.39 is 0 Å². The van der Waals surface area contributed by atoms with Gasteiger partial charge < -0.3 is 10.1 Å². The van der Waals surface area contributed by atoms with Gasteiger partial charge in [-0.2, -0.15) is 0 Å². The molecule has 0 aliphatic heterocycles. The van der Waals surface area contributed by atoms with Crippen molar-refractivity contribution in [1.29, 1.82) is 0 Å². The van der Waals surface area contributed by atoms with Crippen LogP contribution in [0.4, 0.5) is 0 Å². The Kier molecular flexibility index (Phi) is 5.45. The molecule has 0 aliphatic rings. The quantitative estimate of drug-likeness (QED) is 0.705. The van der Waals surface area contributed by atoms with Gasteiger partial charge in [-0.1, -0.05) is 42.5 Å². The summed E-state index contributed by atoms with van der Waals surface area (Å²) in [7, 11) is 1.61. The zero-order valence-electron chi connectivity index (χ0n) is 15.7. The lowest BCUT2D eigenvalue weighted by atomic mass is 9.98. The van der Waals surface area contributed by atoms with E-state index in [9.17, 15) is 9.59 Å². The van der Waals surface area contributed by atoms with Crippen LogP contribution in [0.2, 0.25) is 0 Å². The van der Waals surface area contributed by atoms with Crippen LogP contribution in [0.15, 0.2) is 59.4 Å². The van der Waals surface area contributed by atoms with Crippen molar-refractivity contribution in [3.8, 4) is 5.75 Å². The zero-order chi connectivity index (χ0) is 19.4. The average Bonchev–Trinajstić information content (AvgIpc) is 2.93. The van der Waals surface area contributed by atoms with E-state index in [0.29, 0.717) is 5.56 Å². The molecular weight excluding hydrogens is 342 g/mol. The topological polar surface area (TPSA) is 76.1 Å². The van der Waals surface area contributed by atoms with Crippen molar-refractivity contribution in [2.75, 3.05) is 7.11 Å². The number of methoxy groups -OCH3 is 1. The molecule has 1 aromatic heterocycles. The molecule has 3 aromatic rings. The van der Waals surface area contributed by atoms with E-state index in [-0.39, 0.29) is 24.1 Å². The van der Waals surface area contributed by atoms with Gasteiger partial charge in [-0.15, -0.1) is 0 Å². The number of hydrogen-bond acceptors (Lipinski definition) is 3. The molecule has 1 unspecified atom stereocenters. The Bertz CT molecular complexity index is 972. The van der Waals surface area contributed by atoms with Crippen molar-refractivity contribution in [3.05, 3.63) is 87.3 Å². The highest BCUT2D eigenvalue weighted by Crippen LogP contribution is 2.24. The third-order valence-electron chi connectivity index (χ3n) is 4.62. The van der Waals surface area contributed by atoms with Crippen molar-refractivity contribution in [2.24, 2.45) is 0 Å². The Morgan fingerprint density at radius 1 is 1.07 bits per heavy atom. The van der Waals surface area contributed by atoms with Crippen LogP contribution < -0.4 is 15.6 Å². The van der Waals surface area contributed by atoms with Gasteiger partial charge in [0, 0.05) is 11.3 Å². The smallest absolute Gasteiger partial charge is 0.270 e. The fraction of sp³-hybridized carbons (Fsp3) is 0.238. The number of benzene rings is 2. The van der Waals surface area contributed by atoms with E-state index in [1.165, 1.54) is 4.68 Å². The number of amides is 1.